The van der Waals surface area contributed by atoms with E-state index in [2.05, 4.69) is 4.90 Å². The van der Waals surface area contributed by atoms with Gasteiger partial charge in [-0.15, -0.1) is 0 Å². The van der Waals surface area contributed by atoms with Gasteiger partial charge in [0.2, 0.25) is 5.91 Å². The number of anilines is 1. The number of para-hydroxylation sites is 1. The third-order valence-electron chi connectivity index (χ3n) is 4.70. The lowest BCUT2D eigenvalue weighted by Crippen LogP contribution is -2.50. The van der Waals surface area contributed by atoms with Gasteiger partial charge < -0.3 is 14.4 Å². The van der Waals surface area contributed by atoms with Crippen molar-refractivity contribution in [1.29, 1.82) is 0 Å². The Kier molecular flexibility index (Phi) is 5.25. The van der Waals surface area contributed by atoms with Crippen molar-refractivity contribution in [1.82, 2.24) is 9.47 Å². The van der Waals surface area contributed by atoms with Gasteiger partial charge in [-0.2, -0.15) is 13.2 Å². The summed E-state index contributed by atoms with van der Waals surface area (Å²) >= 11 is 0. The molecule has 0 saturated carbocycles. The minimum Gasteiger partial charge on any atom is -0.368 e. The Labute approximate surface area is 154 Å². The molecule has 8 heteroatoms. The van der Waals surface area contributed by atoms with Gasteiger partial charge in [0, 0.05) is 44.1 Å². The highest BCUT2D eigenvalue weighted by atomic mass is 19.4. The fourth-order valence-corrected chi connectivity index (χ4v) is 3.18. The molecule has 0 unspecified atom stereocenters. The van der Waals surface area contributed by atoms with E-state index < -0.39 is 23.8 Å². The average molecular weight is 379 g/mol. The zero-order valence-corrected chi connectivity index (χ0v) is 14.9. The number of pyridine rings is 1. The fraction of sp³-hybridized carbons (Fsp3) is 0.368. The van der Waals surface area contributed by atoms with Crippen LogP contribution >= 0.6 is 0 Å². The van der Waals surface area contributed by atoms with Crippen molar-refractivity contribution in [2.45, 2.75) is 19.6 Å². The number of halogens is 3. The van der Waals surface area contributed by atoms with Crippen LogP contribution in [0.2, 0.25) is 0 Å². The molecule has 0 radical (unpaired) electrons. The summed E-state index contributed by atoms with van der Waals surface area (Å²) in [7, 11) is 0. The molecule has 144 valence electrons. The van der Waals surface area contributed by atoms with Crippen LogP contribution in [0.4, 0.5) is 18.9 Å². The highest BCUT2D eigenvalue weighted by molar-refractivity contribution is 5.76. The van der Waals surface area contributed by atoms with Crippen molar-refractivity contribution in [2.24, 2.45) is 0 Å². The zero-order valence-electron chi connectivity index (χ0n) is 14.9. The number of hydrogen-bond acceptors (Lipinski definition) is 3. The van der Waals surface area contributed by atoms with Gasteiger partial charge >= 0.3 is 6.18 Å². The number of aryl methyl sites for hydroxylation is 1. The van der Waals surface area contributed by atoms with Gasteiger partial charge in [0.1, 0.15) is 6.54 Å². The van der Waals surface area contributed by atoms with Gasteiger partial charge in [0.15, 0.2) is 0 Å². The highest BCUT2D eigenvalue weighted by Crippen LogP contribution is 2.28. The first-order valence-corrected chi connectivity index (χ1v) is 8.62. The molecule has 0 N–H and O–H groups in total. The van der Waals surface area contributed by atoms with E-state index in [-0.39, 0.29) is 5.91 Å². The third-order valence-corrected chi connectivity index (χ3v) is 4.70. The summed E-state index contributed by atoms with van der Waals surface area (Å²) in [4.78, 5) is 28.0. The Morgan fingerprint density at radius 1 is 1.04 bits per heavy atom. The molecule has 1 saturated heterocycles. The van der Waals surface area contributed by atoms with Crippen molar-refractivity contribution in [3.8, 4) is 0 Å². The summed E-state index contributed by atoms with van der Waals surface area (Å²) in [6.07, 6.45) is -3.86. The fourth-order valence-electron chi connectivity index (χ4n) is 3.18. The number of aromatic nitrogens is 1. The maximum Gasteiger partial charge on any atom is 0.417 e. The van der Waals surface area contributed by atoms with E-state index >= 15 is 0 Å². The molecular formula is C19H20F3N3O2. The second-order valence-corrected chi connectivity index (χ2v) is 6.54. The van der Waals surface area contributed by atoms with Gasteiger partial charge in [-0.25, -0.2) is 0 Å². The molecule has 1 aromatic heterocycles. The SMILES string of the molecule is Cc1ccccc1N1CCN(C(=O)Cn2cc(C(F)(F)F)ccc2=O)CC1. The number of alkyl halides is 3. The Bertz CT molecular complexity index is 884. The minimum atomic E-state index is -4.56. The van der Waals surface area contributed by atoms with Crippen LogP contribution < -0.4 is 10.5 Å². The number of nitrogens with zero attached hydrogens (tertiary/aromatic N) is 3. The molecule has 1 fully saturated rings. The summed E-state index contributed by atoms with van der Waals surface area (Å²) in [5.74, 6) is -0.360. The monoisotopic (exact) mass is 379 g/mol. The molecule has 1 aliphatic rings. The average Bonchev–Trinajstić information content (AvgIpc) is 2.63. The van der Waals surface area contributed by atoms with Crippen molar-refractivity contribution in [3.63, 3.8) is 0 Å². The minimum absolute atomic E-state index is 0.360. The Hall–Kier alpha value is -2.77. The molecule has 1 amide bonds. The molecule has 2 aromatic rings. The van der Waals surface area contributed by atoms with Gasteiger partial charge in [-0.05, 0) is 24.6 Å². The summed E-state index contributed by atoms with van der Waals surface area (Å²) < 4.78 is 39.3. The largest absolute Gasteiger partial charge is 0.417 e. The van der Waals surface area contributed by atoms with Crippen LogP contribution in [0.1, 0.15) is 11.1 Å². The van der Waals surface area contributed by atoms with Crippen molar-refractivity contribution in [3.05, 3.63) is 64.1 Å². The lowest BCUT2D eigenvalue weighted by atomic mass is 10.1. The van der Waals surface area contributed by atoms with Crippen molar-refractivity contribution in [2.75, 3.05) is 31.1 Å². The number of hydrogen-bond donors (Lipinski definition) is 0. The molecule has 0 spiro atoms. The maximum atomic E-state index is 12.8. The Balaban J connectivity index is 1.65. The van der Waals surface area contributed by atoms with E-state index in [0.717, 1.165) is 28.0 Å². The molecule has 2 heterocycles. The van der Waals surface area contributed by atoms with Crippen LogP contribution in [0.25, 0.3) is 0 Å². The van der Waals surface area contributed by atoms with Crippen LogP contribution in [-0.2, 0) is 17.5 Å². The quantitative estimate of drug-likeness (QED) is 0.823. The predicted octanol–water partition coefficient (Wildman–Crippen LogP) is 2.52. The predicted molar refractivity (Wildman–Crippen MR) is 95.7 cm³/mol. The van der Waals surface area contributed by atoms with Crippen LogP contribution in [0, 0.1) is 6.92 Å². The maximum absolute atomic E-state index is 12.8. The molecule has 1 aromatic carbocycles. The number of amides is 1. The molecule has 0 aliphatic carbocycles. The van der Waals surface area contributed by atoms with E-state index in [0.29, 0.717) is 32.4 Å². The first kappa shape index (κ1) is 19.0. The Morgan fingerprint density at radius 2 is 1.70 bits per heavy atom. The van der Waals surface area contributed by atoms with E-state index in [1.54, 1.807) is 4.90 Å². The molecule has 27 heavy (non-hydrogen) atoms. The van der Waals surface area contributed by atoms with Gasteiger partial charge in [-0.3, -0.25) is 9.59 Å². The van der Waals surface area contributed by atoms with Crippen LogP contribution in [-0.4, -0.2) is 41.6 Å². The standard InChI is InChI=1S/C19H20F3N3O2/c1-14-4-2-3-5-16(14)23-8-10-24(11-9-23)18(27)13-25-12-15(19(20,21)22)6-7-17(25)26/h2-7,12H,8-11,13H2,1H3. The molecule has 3 rings (SSSR count). The van der Waals surface area contributed by atoms with Crippen molar-refractivity contribution >= 4 is 11.6 Å². The summed E-state index contributed by atoms with van der Waals surface area (Å²) in [6.45, 7) is 3.81. The third kappa shape index (κ3) is 4.32. The first-order chi connectivity index (χ1) is 12.8. The van der Waals surface area contributed by atoms with E-state index in [9.17, 15) is 22.8 Å². The molecule has 5 nitrogen and oxygen atoms in total. The van der Waals surface area contributed by atoms with Gasteiger partial charge in [-0.1, -0.05) is 18.2 Å². The Morgan fingerprint density at radius 3 is 2.33 bits per heavy atom. The summed E-state index contributed by atoms with van der Waals surface area (Å²) in [6, 6.07) is 9.53. The molecular weight excluding hydrogens is 359 g/mol. The summed E-state index contributed by atoms with van der Waals surface area (Å²) in [5, 5.41) is 0. The highest BCUT2D eigenvalue weighted by Gasteiger charge is 2.31. The van der Waals surface area contributed by atoms with Crippen LogP contribution in [0.15, 0.2) is 47.4 Å². The van der Waals surface area contributed by atoms with E-state index in [1.165, 1.54) is 0 Å². The molecule has 0 bridgehead atoms. The number of rotatable bonds is 3. The topological polar surface area (TPSA) is 45.5 Å². The van der Waals surface area contributed by atoms with E-state index in [4.69, 9.17) is 0 Å². The second-order valence-electron chi connectivity index (χ2n) is 6.54. The summed E-state index contributed by atoms with van der Waals surface area (Å²) in [5.41, 5.74) is 0.681. The lowest BCUT2D eigenvalue weighted by Gasteiger charge is -2.37. The second kappa shape index (κ2) is 7.46. The van der Waals surface area contributed by atoms with Crippen LogP contribution in [0.5, 0.6) is 0 Å². The van der Waals surface area contributed by atoms with E-state index in [1.807, 2.05) is 31.2 Å². The number of benzene rings is 1. The lowest BCUT2D eigenvalue weighted by molar-refractivity contribution is -0.138. The number of carbonyl (C=O) groups excluding carboxylic acids is 1. The molecule has 1 aliphatic heterocycles. The zero-order chi connectivity index (χ0) is 19.6. The number of piperazine rings is 1. The number of carbonyl (C=O) groups is 1. The normalized spacial score (nSPS) is 15.1. The van der Waals surface area contributed by atoms with Gasteiger partial charge in [0.25, 0.3) is 5.56 Å². The molecule has 0 atom stereocenters. The van der Waals surface area contributed by atoms with Crippen LogP contribution in [0.3, 0.4) is 0 Å². The first-order valence-electron chi connectivity index (χ1n) is 8.62. The van der Waals surface area contributed by atoms with Gasteiger partial charge in [0.05, 0.1) is 5.56 Å². The smallest absolute Gasteiger partial charge is 0.368 e. The van der Waals surface area contributed by atoms with Crippen molar-refractivity contribution < 1.29 is 18.0 Å².